The number of fused-ring (bicyclic) bond motifs is 1. The number of nitrogens with one attached hydrogen (secondary N) is 1. The molecule has 2 heterocycles. The van der Waals surface area contributed by atoms with E-state index in [1.54, 1.807) is 43.9 Å². The van der Waals surface area contributed by atoms with Gasteiger partial charge in [-0.05, 0) is 59.7 Å². The van der Waals surface area contributed by atoms with Gasteiger partial charge in [0.25, 0.3) is 5.91 Å². The molecule has 0 bridgehead atoms. The largest absolute Gasteiger partial charge is 0.493 e. The second kappa shape index (κ2) is 10.7. The number of halogens is 1. The van der Waals surface area contributed by atoms with Gasteiger partial charge in [0.15, 0.2) is 18.1 Å². The fraction of sp³-hybridized carbons (Fsp3) is 0.160. The molecule has 8 heteroatoms. The van der Waals surface area contributed by atoms with Gasteiger partial charge in [-0.2, -0.15) is 0 Å². The number of carbonyl (C=O) groups excluding carboxylic acids is 1. The summed E-state index contributed by atoms with van der Waals surface area (Å²) in [5.41, 5.74) is 2.49. The van der Waals surface area contributed by atoms with Crippen LogP contribution in [0.15, 0.2) is 73.2 Å². The van der Waals surface area contributed by atoms with E-state index in [4.69, 9.17) is 25.8 Å². The minimum atomic E-state index is -0.258. The van der Waals surface area contributed by atoms with E-state index in [1.165, 1.54) is 0 Å². The molecule has 168 valence electrons. The molecule has 4 rings (SSSR count). The van der Waals surface area contributed by atoms with E-state index in [9.17, 15) is 4.79 Å². The number of amides is 1. The van der Waals surface area contributed by atoms with Gasteiger partial charge in [-0.25, -0.2) is 0 Å². The summed E-state index contributed by atoms with van der Waals surface area (Å²) in [4.78, 5) is 20.6. The Hall–Kier alpha value is -3.84. The summed E-state index contributed by atoms with van der Waals surface area (Å²) in [6.45, 7) is 0.584. The SMILES string of the molecule is COc1cc(CNC(=O)COc2ccc(Cl)c3cccnc23)ccc1OCc1ccncc1. The van der Waals surface area contributed by atoms with Gasteiger partial charge in [0.2, 0.25) is 0 Å². The van der Waals surface area contributed by atoms with Crippen molar-refractivity contribution in [3.8, 4) is 17.2 Å². The van der Waals surface area contributed by atoms with Crippen LogP contribution >= 0.6 is 11.6 Å². The topological polar surface area (TPSA) is 82.6 Å². The van der Waals surface area contributed by atoms with Crippen LogP contribution in [0.5, 0.6) is 17.2 Å². The van der Waals surface area contributed by atoms with Crippen LogP contribution in [-0.2, 0) is 17.9 Å². The van der Waals surface area contributed by atoms with Crippen molar-refractivity contribution in [1.29, 1.82) is 0 Å². The van der Waals surface area contributed by atoms with Crippen LogP contribution in [0.25, 0.3) is 10.9 Å². The van der Waals surface area contributed by atoms with E-state index in [2.05, 4.69) is 15.3 Å². The normalized spacial score (nSPS) is 10.6. The van der Waals surface area contributed by atoms with Crippen molar-refractivity contribution in [3.63, 3.8) is 0 Å². The summed E-state index contributed by atoms with van der Waals surface area (Å²) < 4.78 is 17.0. The van der Waals surface area contributed by atoms with E-state index in [0.29, 0.717) is 40.9 Å². The van der Waals surface area contributed by atoms with Crippen LogP contribution in [0, 0.1) is 0 Å². The van der Waals surface area contributed by atoms with Gasteiger partial charge < -0.3 is 19.5 Å². The molecule has 0 unspecified atom stereocenters. The number of methoxy groups -OCH3 is 1. The number of nitrogens with zero attached hydrogens (tertiary/aromatic N) is 2. The Morgan fingerprint density at radius 1 is 0.939 bits per heavy atom. The highest BCUT2D eigenvalue weighted by Crippen LogP contribution is 2.30. The van der Waals surface area contributed by atoms with E-state index >= 15 is 0 Å². The fourth-order valence-corrected chi connectivity index (χ4v) is 3.42. The second-order valence-electron chi connectivity index (χ2n) is 7.14. The molecule has 0 aliphatic rings. The van der Waals surface area contributed by atoms with Crippen LogP contribution < -0.4 is 19.5 Å². The quantitative estimate of drug-likeness (QED) is 0.391. The molecule has 2 aromatic carbocycles. The van der Waals surface area contributed by atoms with Crippen LogP contribution in [0.3, 0.4) is 0 Å². The third-order valence-corrected chi connectivity index (χ3v) is 5.23. The summed E-state index contributed by atoms with van der Waals surface area (Å²) in [6.07, 6.45) is 5.10. The van der Waals surface area contributed by atoms with Gasteiger partial charge in [-0.3, -0.25) is 14.8 Å². The Balaban J connectivity index is 1.32. The van der Waals surface area contributed by atoms with Crippen molar-refractivity contribution in [1.82, 2.24) is 15.3 Å². The first-order valence-electron chi connectivity index (χ1n) is 10.3. The highest BCUT2D eigenvalue weighted by molar-refractivity contribution is 6.35. The molecule has 0 saturated carbocycles. The van der Waals surface area contributed by atoms with Crippen molar-refractivity contribution >= 4 is 28.4 Å². The van der Waals surface area contributed by atoms with Crippen molar-refractivity contribution in [2.45, 2.75) is 13.2 Å². The number of hydrogen-bond acceptors (Lipinski definition) is 6. The maximum Gasteiger partial charge on any atom is 0.258 e. The smallest absolute Gasteiger partial charge is 0.258 e. The average Bonchev–Trinajstić information content (AvgIpc) is 2.87. The van der Waals surface area contributed by atoms with Crippen LogP contribution in [0.2, 0.25) is 5.02 Å². The number of ether oxygens (including phenoxy) is 3. The van der Waals surface area contributed by atoms with Crippen molar-refractivity contribution in [2.24, 2.45) is 0 Å². The van der Waals surface area contributed by atoms with Crippen LogP contribution in [0.4, 0.5) is 0 Å². The standard InChI is InChI=1S/C25H22ClN3O4/c1-31-23-13-18(4-6-21(23)32-15-17-8-11-27-12-9-17)14-29-24(30)16-33-22-7-5-20(26)19-3-2-10-28-25(19)22/h2-13H,14-16H2,1H3,(H,29,30). The van der Waals surface area contributed by atoms with Gasteiger partial charge in [0.1, 0.15) is 17.9 Å². The molecular formula is C25H22ClN3O4. The van der Waals surface area contributed by atoms with E-state index in [1.807, 2.05) is 36.4 Å². The molecular weight excluding hydrogens is 442 g/mol. The van der Waals surface area contributed by atoms with Gasteiger partial charge in [0.05, 0.1) is 12.1 Å². The number of benzene rings is 2. The lowest BCUT2D eigenvalue weighted by molar-refractivity contribution is -0.123. The van der Waals surface area contributed by atoms with Gasteiger partial charge >= 0.3 is 0 Å². The third kappa shape index (κ3) is 5.70. The Kier molecular flexibility index (Phi) is 7.22. The monoisotopic (exact) mass is 463 g/mol. The molecule has 4 aromatic rings. The van der Waals surface area contributed by atoms with Gasteiger partial charge in [0, 0.05) is 30.5 Å². The molecule has 0 spiro atoms. The van der Waals surface area contributed by atoms with Crippen molar-refractivity contribution in [2.75, 3.05) is 13.7 Å². The van der Waals surface area contributed by atoms with Gasteiger partial charge in [-0.1, -0.05) is 17.7 Å². The van der Waals surface area contributed by atoms with E-state index in [0.717, 1.165) is 16.5 Å². The minimum Gasteiger partial charge on any atom is -0.493 e. The lowest BCUT2D eigenvalue weighted by atomic mass is 10.2. The van der Waals surface area contributed by atoms with Crippen molar-refractivity contribution in [3.05, 3.63) is 89.3 Å². The summed E-state index contributed by atoms with van der Waals surface area (Å²) in [5, 5.41) is 4.20. The molecule has 2 aromatic heterocycles. The Morgan fingerprint density at radius 2 is 1.76 bits per heavy atom. The maximum absolute atomic E-state index is 12.3. The molecule has 0 radical (unpaired) electrons. The molecule has 0 fully saturated rings. The fourth-order valence-electron chi connectivity index (χ4n) is 3.20. The zero-order valence-electron chi connectivity index (χ0n) is 18.0. The molecule has 0 aliphatic heterocycles. The number of rotatable bonds is 9. The summed E-state index contributed by atoms with van der Waals surface area (Å²) in [6, 6.07) is 16.4. The molecule has 0 saturated heterocycles. The highest BCUT2D eigenvalue weighted by Gasteiger charge is 2.11. The Labute approximate surface area is 196 Å². The zero-order valence-corrected chi connectivity index (χ0v) is 18.7. The summed E-state index contributed by atoms with van der Waals surface area (Å²) >= 11 is 6.20. The summed E-state index contributed by atoms with van der Waals surface area (Å²) in [7, 11) is 1.58. The Bertz CT molecular complexity index is 1250. The lowest BCUT2D eigenvalue weighted by Gasteiger charge is -2.13. The lowest BCUT2D eigenvalue weighted by Crippen LogP contribution is -2.28. The predicted molar refractivity (Wildman–Crippen MR) is 126 cm³/mol. The first kappa shape index (κ1) is 22.4. The molecule has 7 nitrogen and oxygen atoms in total. The zero-order chi connectivity index (χ0) is 23.0. The maximum atomic E-state index is 12.3. The van der Waals surface area contributed by atoms with E-state index in [-0.39, 0.29) is 12.5 Å². The number of carbonyl (C=O) groups is 1. The number of hydrogen-bond donors (Lipinski definition) is 1. The molecule has 1 N–H and O–H groups in total. The second-order valence-corrected chi connectivity index (χ2v) is 7.55. The highest BCUT2D eigenvalue weighted by atomic mass is 35.5. The van der Waals surface area contributed by atoms with E-state index < -0.39 is 0 Å². The van der Waals surface area contributed by atoms with Gasteiger partial charge in [-0.15, -0.1) is 0 Å². The number of pyridine rings is 2. The molecule has 0 atom stereocenters. The first-order valence-corrected chi connectivity index (χ1v) is 10.6. The third-order valence-electron chi connectivity index (χ3n) is 4.90. The average molecular weight is 464 g/mol. The summed E-state index contributed by atoms with van der Waals surface area (Å²) in [5.74, 6) is 1.45. The Morgan fingerprint density at radius 3 is 2.58 bits per heavy atom. The predicted octanol–water partition coefficient (Wildman–Crippen LogP) is 4.57. The minimum absolute atomic E-state index is 0.141. The van der Waals surface area contributed by atoms with Crippen LogP contribution in [-0.4, -0.2) is 29.6 Å². The van der Waals surface area contributed by atoms with Crippen LogP contribution in [0.1, 0.15) is 11.1 Å². The molecule has 33 heavy (non-hydrogen) atoms. The first-order chi connectivity index (χ1) is 16.1. The molecule has 0 aliphatic carbocycles. The van der Waals surface area contributed by atoms with Crippen molar-refractivity contribution < 1.29 is 19.0 Å². The number of aromatic nitrogens is 2. The molecule has 1 amide bonds.